The van der Waals surface area contributed by atoms with Crippen molar-refractivity contribution < 1.29 is 14.7 Å². The predicted octanol–water partition coefficient (Wildman–Crippen LogP) is 5.51. The van der Waals surface area contributed by atoms with Crippen LogP contribution in [0.2, 0.25) is 0 Å². The molecule has 6 aromatic rings. The molecule has 1 aliphatic heterocycles. The van der Waals surface area contributed by atoms with Crippen LogP contribution in [0.3, 0.4) is 0 Å². The second-order valence-electron chi connectivity index (χ2n) is 10.2. The Hall–Kier alpha value is -5.42. The van der Waals surface area contributed by atoms with E-state index in [2.05, 4.69) is 25.6 Å². The largest absolute Gasteiger partial charge is 0.476 e. The maximum absolute atomic E-state index is 13.4. The Kier molecular flexibility index (Phi) is 6.84. The van der Waals surface area contributed by atoms with Crippen molar-refractivity contribution in [3.63, 3.8) is 0 Å². The average molecular weight is 588 g/mol. The minimum absolute atomic E-state index is 0.100. The number of hydrogen-bond donors (Lipinski definition) is 2. The summed E-state index contributed by atoms with van der Waals surface area (Å²) in [6, 6.07) is 26.8. The normalized spacial score (nSPS) is 12.7. The number of thiazole rings is 1. The van der Waals surface area contributed by atoms with Gasteiger partial charge in [0.1, 0.15) is 11.5 Å². The number of anilines is 2. The molecule has 0 fully saturated rings. The number of rotatable bonds is 7. The lowest BCUT2D eigenvalue weighted by Crippen LogP contribution is -2.33. The van der Waals surface area contributed by atoms with Crippen LogP contribution in [0.15, 0.2) is 91.1 Å². The van der Waals surface area contributed by atoms with Gasteiger partial charge < -0.3 is 10.0 Å². The third-order valence-corrected chi connectivity index (χ3v) is 8.39. The lowest BCUT2D eigenvalue weighted by atomic mass is 9.94. The Morgan fingerprint density at radius 3 is 2.60 bits per heavy atom. The molecule has 0 bridgehead atoms. The van der Waals surface area contributed by atoms with E-state index in [0.717, 1.165) is 26.9 Å². The second kappa shape index (κ2) is 11.1. The number of nitrogens with one attached hydrogen (secondary N) is 1. The fourth-order valence-corrected chi connectivity index (χ4v) is 6.20. The van der Waals surface area contributed by atoms with Crippen LogP contribution in [0.5, 0.6) is 0 Å². The van der Waals surface area contributed by atoms with Crippen LogP contribution in [-0.2, 0) is 19.5 Å². The highest BCUT2D eigenvalue weighted by Crippen LogP contribution is 2.30. The molecule has 0 atom stereocenters. The molecule has 0 unspecified atom stereocenters. The molecule has 0 radical (unpaired) electrons. The lowest BCUT2D eigenvalue weighted by molar-refractivity contribution is 0.0691. The van der Waals surface area contributed by atoms with Gasteiger partial charge in [0, 0.05) is 24.2 Å². The Balaban J connectivity index is 1.14. The smallest absolute Gasteiger partial charge is 0.355 e. The summed E-state index contributed by atoms with van der Waals surface area (Å²) in [5, 5.41) is 22.0. The van der Waals surface area contributed by atoms with Crippen LogP contribution in [0.1, 0.15) is 37.5 Å². The number of amides is 1. The van der Waals surface area contributed by atoms with Crippen molar-refractivity contribution in [2.24, 2.45) is 0 Å². The van der Waals surface area contributed by atoms with Gasteiger partial charge in [-0.25, -0.2) is 19.4 Å². The number of carbonyl (C=O) groups is 2. The zero-order valence-corrected chi connectivity index (χ0v) is 23.7. The Labute approximate surface area is 250 Å². The number of aromatic carboxylic acids is 1. The summed E-state index contributed by atoms with van der Waals surface area (Å²) in [6.45, 7) is 1.57. The second-order valence-corrected chi connectivity index (χ2v) is 11.2. The van der Waals surface area contributed by atoms with E-state index in [0.29, 0.717) is 53.8 Å². The molecule has 1 aliphatic rings. The number of aromatic nitrogens is 5. The van der Waals surface area contributed by atoms with E-state index in [1.54, 1.807) is 23.0 Å². The van der Waals surface area contributed by atoms with Gasteiger partial charge in [0.15, 0.2) is 10.8 Å². The number of hydrogen-bond acceptors (Lipinski definition) is 8. The molecule has 43 heavy (non-hydrogen) atoms. The molecule has 1 amide bonds. The lowest BCUT2D eigenvalue weighted by Gasteiger charge is -2.31. The molecule has 11 heteroatoms. The molecule has 0 spiro atoms. The third-order valence-electron chi connectivity index (χ3n) is 7.44. The van der Waals surface area contributed by atoms with E-state index in [9.17, 15) is 14.7 Å². The number of nitrogens with zero attached hydrogens (tertiary/aromatic N) is 6. The van der Waals surface area contributed by atoms with Crippen molar-refractivity contribution >= 4 is 44.4 Å². The average Bonchev–Trinajstić information content (AvgIpc) is 3.67. The summed E-state index contributed by atoms with van der Waals surface area (Å²) in [6.07, 6.45) is 2.42. The highest BCUT2D eigenvalue weighted by atomic mass is 32.1. The van der Waals surface area contributed by atoms with Crippen molar-refractivity contribution in [3.8, 4) is 11.3 Å². The number of carbonyl (C=O) groups excluding carboxylic acids is 1. The molecule has 0 saturated heterocycles. The molecule has 4 heterocycles. The summed E-state index contributed by atoms with van der Waals surface area (Å²) in [7, 11) is 0. The number of para-hydroxylation sites is 1. The van der Waals surface area contributed by atoms with Gasteiger partial charge in [-0.05, 0) is 53.4 Å². The van der Waals surface area contributed by atoms with E-state index in [4.69, 9.17) is 0 Å². The van der Waals surface area contributed by atoms with Crippen LogP contribution in [0, 0.1) is 0 Å². The zero-order valence-electron chi connectivity index (χ0n) is 22.8. The minimum Gasteiger partial charge on any atom is -0.476 e. The summed E-state index contributed by atoms with van der Waals surface area (Å²) in [5.74, 6) is -0.862. The van der Waals surface area contributed by atoms with Crippen molar-refractivity contribution in [2.45, 2.75) is 19.5 Å². The van der Waals surface area contributed by atoms with E-state index in [1.807, 2.05) is 77.7 Å². The molecule has 3 aromatic heterocycles. The van der Waals surface area contributed by atoms with E-state index < -0.39 is 5.97 Å². The van der Waals surface area contributed by atoms with Crippen LogP contribution in [0.25, 0.3) is 21.5 Å². The SMILES string of the molecule is O=C(Nc1nc2ccccc2s1)c1cccc2c1CN(c1ccc(-c3cn(Cc4ccccc4)nn3)c(C(=O)O)n1)CC2. The quantitative estimate of drug-likeness (QED) is 0.250. The van der Waals surface area contributed by atoms with Crippen molar-refractivity contribution in [3.05, 3.63) is 119 Å². The van der Waals surface area contributed by atoms with Gasteiger partial charge in [-0.15, -0.1) is 5.10 Å². The van der Waals surface area contributed by atoms with Gasteiger partial charge in [0.25, 0.3) is 5.91 Å². The number of fused-ring (bicyclic) bond motifs is 2. The molecule has 212 valence electrons. The molecule has 3 aromatic carbocycles. The number of carboxylic acid groups (broad SMARTS) is 1. The fraction of sp³-hybridized carbons (Fsp3) is 0.125. The fourth-order valence-electron chi connectivity index (χ4n) is 5.34. The highest BCUT2D eigenvalue weighted by Gasteiger charge is 2.25. The first-order valence-corrected chi connectivity index (χ1v) is 14.5. The van der Waals surface area contributed by atoms with Crippen LogP contribution in [0.4, 0.5) is 10.9 Å². The highest BCUT2D eigenvalue weighted by molar-refractivity contribution is 7.22. The Morgan fingerprint density at radius 1 is 0.930 bits per heavy atom. The zero-order chi connectivity index (χ0) is 29.3. The van der Waals surface area contributed by atoms with Gasteiger partial charge in [0.05, 0.1) is 23.0 Å². The van der Waals surface area contributed by atoms with E-state index in [1.165, 1.54) is 11.3 Å². The van der Waals surface area contributed by atoms with Gasteiger partial charge in [-0.1, -0.05) is 71.1 Å². The predicted molar refractivity (Wildman–Crippen MR) is 165 cm³/mol. The number of pyridine rings is 1. The summed E-state index contributed by atoms with van der Waals surface area (Å²) in [5.41, 5.74) is 5.16. The molecule has 10 nitrogen and oxygen atoms in total. The molecule has 0 aliphatic carbocycles. The van der Waals surface area contributed by atoms with Gasteiger partial charge in [0.2, 0.25) is 0 Å². The first-order chi connectivity index (χ1) is 21.0. The molecule has 0 saturated carbocycles. The molecule has 7 rings (SSSR count). The Morgan fingerprint density at radius 2 is 1.77 bits per heavy atom. The monoisotopic (exact) mass is 587 g/mol. The maximum Gasteiger partial charge on any atom is 0.355 e. The van der Waals surface area contributed by atoms with Gasteiger partial charge >= 0.3 is 5.97 Å². The summed E-state index contributed by atoms with van der Waals surface area (Å²) < 4.78 is 2.67. The number of carboxylic acids is 1. The molecular formula is C32H25N7O3S. The first kappa shape index (κ1) is 26.5. The van der Waals surface area contributed by atoms with Gasteiger partial charge in [-0.2, -0.15) is 0 Å². The van der Waals surface area contributed by atoms with Crippen molar-refractivity contribution in [1.82, 2.24) is 25.0 Å². The summed E-state index contributed by atoms with van der Waals surface area (Å²) in [4.78, 5) is 36.8. The van der Waals surface area contributed by atoms with E-state index >= 15 is 0 Å². The van der Waals surface area contributed by atoms with Crippen molar-refractivity contribution in [2.75, 3.05) is 16.8 Å². The molecular weight excluding hydrogens is 562 g/mol. The topological polar surface area (TPSA) is 126 Å². The summed E-state index contributed by atoms with van der Waals surface area (Å²) >= 11 is 1.43. The molecule has 2 N–H and O–H groups in total. The third kappa shape index (κ3) is 5.33. The minimum atomic E-state index is -1.15. The van der Waals surface area contributed by atoms with Crippen LogP contribution < -0.4 is 10.2 Å². The maximum atomic E-state index is 13.4. The number of benzene rings is 3. The van der Waals surface area contributed by atoms with E-state index in [-0.39, 0.29) is 11.6 Å². The van der Waals surface area contributed by atoms with Crippen LogP contribution >= 0.6 is 11.3 Å². The Bertz CT molecular complexity index is 1950. The van der Waals surface area contributed by atoms with Crippen molar-refractivity contribution in [1.29, 1.82) is 0 Å². The van der Waals surface area contributed by atoms with Gasteiger partial charge in [-0.3, -0.25) is 10.1 Å². The first-order valence-electron chi connectivity index (χ1n) is 13.7. The van der Waals surface area contributed by atoms with Crippen LogP contribution in [-0.4, -0.2) is 48.5 Å². The standard InChI is InChI=1S/C32H25N7O3S/c40-30(35-32-33-25-11-4-5-12-27(25)43-32)22-10-6-9-21-15-16-38(18-24(21)22)28-14-13-23(29(34-28)31(41)42)26-19-39(37-36-26)17-20-7-2-1-3-8-20/h1-14,19H,15-18H2,(H,41,42)(H,33,35,40).